The van der Waals surface area contributed by atoms with Crippen LogP contribution in [-0.2, 0) is 4.57 Å². The minimum Gasteiger partial charge on any atom is -0.870 e. The van der Waals surface area contributed by atoms with Crippen molar-refractivity contribution < 1.29 is 76.5 Å². The Labute approximate surface area is 108 Å². The van der Waals surface area contributed by atoms with Crippen LogP contribution in [0.15, 0.2) is 24.6 Å². The fourth-order valence-corrected chi connectivity index (χ4v) is 0.321. The summed E-state index contributed by atoms with van der Waals surface area (Å²) in [6.07, 6.45) is 8.00. The number of hydrogen-bond donors (Lipinski definition) is 2. The van der Waals surface area contributed by atoms with Crippen molar-refractivity contribution in [1.29, 1.82) is 0 Å². The average molecular weight is 204 g/mol. The molecule has 0 saturated heterocycles. The third kappa shape index (κ3) is 24.7. The predicted molar refractivity (Wildman–Crippen MR) is 32.0 cm³/mol. The molecule has 4 N–H and O–H groups in total. The monoisotopic (exact) mass is 204 g/mol. The Bertz CT molecular complexity index is 135. The molecular weight excluding hydrogens is 196 g/mol. The predicted octanol–water partition coefficient (Wildman–Crippen LogP) is -4.59. The van der Waals surface area contributed by atoms with Gasteiger partial charge in [0.25, 0.3) is 0 Å². The van der Waals surface area contributed by atoms with Crippen LogP contribution in [0.2, 0.25) is 0 Å². The normalized spacial score (nSPS) is 12.0. The van der Waals surface area contributed by atoms with Gasteiger partial charge in [0.2, 0.25) is 0 Å². The molecule has 11 heavy (non-hydrogen) atoms. The van der Waals surface area contributed by atoms with E-state index >= 15 is 0 Å². The van der Waals surface area contributed by atoms with Crippen molar-refractivity contribution in [1.82, 2.24) is 0 Å². The van der Waals surface area contributed by atoms with Crippen molar-refractivity contribution >= 4 is 8.25 Å². The topological polar surface area (TPSA) is 107 Å². The SMILES string of the molecule is C1=C[NH2+]C=C1.O=[P+]([O-])O.[K+].[OH-]. The van der Waals surface area contributed by atoms with Crippen LogP contribution in [0.3, 0.4) is 0 Å². The Morgan fingerprint density at radius 1 is 1.36 bits per heavy atom. The number of rotatable bonds is 0. The minimum absolute atomic E-state index is 0. The molecule has 0 radical (unpaired) electrons. The second-order valence-electron chi connectivity index (χ2n) is 1.20. The van der Waals surface area contributed by atoms with Crippen LogP contribution in [0.4, 0.5) is 0 Å². The maximum atomic E-state index is 8.59. The fraction of sp³-hybridized carbons (Fsp3) is 0. The van der Waals surface area contributed by atoms with E-state index in [4.69, 9.17) is 14.4 Å². The van der Waals surface area contributed by atoms with Gasteiger partial charge in [-0.2, -0.15) is 4.89 Å². The maximum Gasteiger partial charge on any atom is 1.00 e. The van der Waals surface area contributed by atoms with E-state index in [0.717, 1.165) is 0 Å². The Balaban J connectivity index is -0.000000101. The largest absolute Gasteiger partial charge is 1.00 e. The van der Waals surface area contributed by atoms with E-state index in [1.54, 1.807) is 0 Å². The molecule has 1 rings (SSSR count). The quantitative estimate of drug-likeness (QED) is 0.306. The molecule has 0 spiro atoms. The van der Waals surface area contributed by atoms with Crippen LogP contribution in [-0.4, -0.2) is 10.4 Å². The van der Waals surface area contributed by atoms with Gasteiger partial charge in [0, 0.05) is 0 Å². The van der Waals surface area contributed by atoms with E-state index in [1.165, 1.54) is 0 Å². The molecule has 5 nitrogen and oxygen atoms in total. The molecule has 0 aromatic heterocycles. The molecule has 1 aliphatic heterocycles. The zero-order valence-corrected chi connectivity index (χ0v) is 10.1. The van der Waals surface area contributed by atoms with Crippen LogP contribution in [0.5, 0.6) is 0 Å². The van der Waals surface area contributed by atoms with Crippen molar-refractivity contribution in [2.24, 2.45) is 0 Å². The number of quaternary nitrogens is 1. The molecule has 1 heterocycles. The van der Waals surface area contributed by atoms with E-state index in [1.807, 2.05) is 29.9 Å². The van der Waals surface area contributed by atoms with Crippen molar-refractivity contribution in [3.05, 3.63) is 24.6 Å². The zero-order chi connectivity index (χ0) is 7.11. The van der Waals surface area contributed by atoms with Crippen LogP contribution >= 0.6 is 8.25 Å². The van der Waals surface area contributed by atoms with E-state index in [9.17, 15) is 0 Å². The van der Waals surface area contributed by atoms with Gasteiger partial charge in [-0.15, -0.1) is 0 Å². The molecule has 7 heteroatoms. The molecule has 0 bridgehead atoms. The van der Waals surface area contributed by atoms with Gasteiger partial charge in [-0.25, -0.2) is 0 Å². The first-order valence-corrected chi connectivity index (χ1v) is 3.36. The smallest absolute Gasteiger partial charge is 0.870 e. The molecule has 0 aliphatic carbocycles. The van der Waals surface area contributed by atoms with Crippen LogP contribution in [0.25, 0.3) is 0 Å². The van der Waals surface area contributed by atoms with E-state index in [-0.39, 0.29) is 56.9 Å². The van der Waals surface area contributed by atoms with Crippen molar-refractivity contribution in [3.63, 3.8) is 0 Å². The van der Waals surface area contributed by atoms with Gasteiger partial charge in [0.1, 0.15) is 0 Å². The second kappa shape index (κ2) is 13.6. The third-order valence-corrected chi connectivity index (χ3v) is 0.556. The molecule has 0 fully saturated rings. The van der Waals surface area contributed by atoms with Gasteiger partial charge in [0.15, 0.2) is 0 Å². The van der Waals surface area contributed by atoms with Crippen molar-refractivity contribution in [2.45, 2.75) is 0 Å². The first kappa shape index (κ1) is 18.0. The van der Waals surface area contributed by atoms with Crippen LogP contribution < -0.4 is 61.6 Å². The van der Waals surface area contributed by atoms with E-state index in [0.29, 0.717) is 0 Å². The Kier molecular flexibility index (Phi) is 22.3. The summed E-state index contributed by atoms with van der Waals surface area (Å²) in [4.78, 5) is 15.6. The molecule has 0 aromatic rings. The summed E-state index contributed by atoms with van der Waals surface area (Å²) < 4.78 is 8.59. The molecule has 1 unspecified atom stereocenters. The number of nitrogens with two attached hydrogens (primary N) is 1. The fourth-order valence-electron chi connectivity index (χ4n) is 0.321. The number of hydrogen-bond acceptors (Lipinski definition) is 3. The first-order chi connectivity index (χ1) is 4.23. The molecule has 1 atom stereocenters. The molecule has 0 amide bonds. The van der Waals surface area contributed by atoms with Gasteiger partial charge < -0.3 is 10.4 Å². The molecule has 58 valence electrons. The maximum absolute atomic E-state index is 8.59. The van der Waals surface area contributed by atoms with Crippen LogP contribution in [0, 0.1) is 0 Å². The summed E-state index contributed by atoms with van der Waals surface area (Å²) >= 11 is 0. The summed E-state index contributed by atoms with van der Waals surface area (Å²) in [6, 6.07) is 0. The van der Waals surface area contributed by atoms with Gasteiger partial charge in [0.05, 0.1) is 12.4 Å². The standard InChI is InChI=1S/C4H5N.K.HO3P.H2O/c1-2-4-5-3-1;;1-4(2)3;/h1-5H;;(H,1,2,3);1H2/q;+1;;. The summed E-state index contributed by atoms with van der Waals surface area (Å²) in [6.45, 7) is 0. The Morgan fingerprint density at radius 2 is 1.64 bits per heavy atom. The molecular formula is C4H8KNO4P+. The molecule has 0 saturated carbocycles. The van der Waals surface area contributed by atoms with E-state index in [2.05, 4.69) is 0 Å². The average Bonchev–Trinajstić information content (AvgIpc) is 2.11. The summed E-state index contributed by atoms with van der Waals surface area (Å²) in [5.74, 6) is 0. The second-order valence-corrected chi connectivity index (χ2v) is 1.68. The Morgan fingerprint density at radius 3 is 1.73 bits per heavy atom. The van der Waals surface area contributed by atoms with Gasteiger partial charge in [-0.05, 0) is 16.7 Å². The van der Waals surface area contributed by atoms with Crippen LogP contribution in [0.1, 0.15) is 0 Å². The number of allylic oxidation sites excluding steroid dienone is 2. The van der Waals surface area contributed by atoms with Gasteiger partial charge in [-0.3, -0.25) is 5.32 Å². The molecule has 0 aromatic carbocycles. The molecule has 1 aliphatic rings. The van der Waals surface area contributed by atoms with Crippen molar-refractivity contribution in [2.75, 3.05) is 0 Å². The zero-order valence-electron chi connectivity index (χ0n) is 6.04. The summed E-state index contributed by atoms with van der Waals surface area (Å²) in [5.41, 5.74) is 0. The van der Waals surface area contributed by atoms with E-state index < -0.39 is 8.25 Å². The minimum atomic E-state index is -3.12. The first-order valence-electron chi connectivity index (χ1n) is 2.23. The van der Waals surface area contributed by atoms with Crippen molar-refractivity contribution in [3.8, 4) is 0 Å². The third-order valence-electron chi connectivity index (χ3n) is 0.556. The summed E-state index contributed by atoms with van der Waals surface area (Å²) in [5, 5.41) is 2.00. The Hall–Kier alpha value is 1.06. The summed E-state index contributed by atoms with van der Waals surface area (Å²) in [7, 11) is -3.12. The van der Waals surface area contributed by atoms with Gasteiger partial charge >= 0.3 is 59.6 Å². The van der Waals surface area contributed by atoms with Gasteiger partial charge in [-0.1, -0.05) is 0 Å².